The number of hydrogen-bond donors (Lipinski definition) is 1. The van der Waals surface area contributed by atoms with E-state index < -0.39 is 5.91 Å². The molecule has 0 fully saturated rings. The van der Waals surface area contributed by atoms with E-state index in [0.717, 1.165) is 16.7 Å². The number of benzene rings is 3. The average molecular weight is 421 g/mol. The van der Waals surface area contributed by atoms with Crippen LogP contribution in [0.4, 0.5) is 5.69 Å². The van der Waals surface area contributed by atoms with Crippen molar-refractivity contribution in [3.63, 3.8) is 0 Å². The predicted molar refractivity (Wildman–Crippen MR) is 119 cm³/mol. The van der Waals surface area contributed by atoms with Crippen molar-refractivity contribution in [2.24, 2.45) is 0 Å². The Morgan fingerprint density at radius 1 is 1.00 bits per heavy atom. The Balaban J connectivity index is 1.79. The molecule has 1 N–H and O–H groups in total. The summed E-state index contributed by atoms with van der Waals surface area (Å²) >= 11 is 12.7. The Morgan fingerprint density at radius 3 is 2.45 bits per heavy atom. The standard InChI is InChI=1S/C24H18Cl2N2O/c1-16-5-4-7-21(11-16)28-24(29)20(15-27)12-17-9-10-19(23(26)13-17)14-18-6-2-3-8-22(18)25/h2-13H,14H2,1H3,(H,28,29)/b20-12+. The van der Waals surface area contributed by atoms with Crippen molar-refractivity contribution >= 4 is 40.9 Å². The van der Waals surface area contributed by atoms with Crippen molar-refractivity contribution in [1.82, 2.24) is 0 Å². The fourth-order valence-corrected chi connectivity index (χ4v) is 3.34. The SMILES string of the molecule is Cc1cccc(NC(=O)/C(C#N)=C/c2ccc(Cc3ccccc3Cl)c(Cl)c2)c1. The lowest BCUT2D eigenvalue weighted by Gasteiger charge is -2.08. The van der Waals surface area contributed by atoms with Gasteiger partial charge in [-0.1, -0.05) is 65.7 Å². The zero-order valence-electron chi connectivity index (χ0n) is 15.7. The van der Waals surface area contributed by atoms with E-state index in [2.05, 4.69) is 5.32 Å². The van der Waals surface area contributed by atoms with E-state index >= 15 is 0 Å². The molecule has 0 aliphatic rings. The van der Waals surface area contributed by atoms with Crippen LogP contribution < -0.4 is 5.32 Å². The molecule has 5 heteroatoms. The minimum Gasteiger partial charge on any atom is -0.321 e. The number of rotatable bonds is 5. The molecule has 0 saturated heterocycles. The van der Waals surface area contributed by atoms with Crippen LogP contribution in [-0.2, 0) is 11.2 Å². The van der Waals surface area contributed by atoms with E-state index in [9.17, 15) is 10.1 Å². The lowest BCUT2D eigenvalue weighted by Crippen LogP contribution is -2.13. The van der Waals surface area contributed by atoms with Crippen LogP contribution >= 0.6 is 23.2 Å². The number of carbonyl (C=O) groups excluding carboxylic acids is 1. The summed E-state index contributed by atoms with van der Waals surface area (Å²) in [5.74, 6) is -0.464. The van der Waals surface area contributed by atoms with E-state index in [-0.39, 0.29) is 5.57 Å². The number of anilines is 1. The Hall–Kier alpha value is -3.06. The lowest BCUT2D eigenvalue weighted by atomic mass is 10.0. The molecular formula is C24H18Cl2N2O. The molecule has 3 nitrogen and oxygen atoms in total. The Labute approximate surface area is 180 Å². The number of halogens is 2. The molecule has 1 amide bonds. The fourth-order valence-electron chi connectivity index (χ4n) is 2.88. The number of nitrogens with one attached hydrogen (secondary N) is 1. The molecule has 144 valence electrons. The van der Waals surface area contributed by atoms with Gasteiger partial charge in [-0.15, -0.1) is 0 Å². The van der Waals surface area contributed by atoms with Crippen LogP contribution in [0.1, 0.15) is 22.3 Å². The van der Waals surface area contributed by atoms with E-state index in [1.54, 1.807) is 12.1 Å². The number of amides is 1. The molecule has 0 aromatic heterocycles. The maximum atomic E-state index is 12.4. The zero-order valence-corrected chi connectivity index (χ0v) is 17.3. The summed E-state index contributed by atoms with van der Waals surface area (Å²) in [6, 6.07) is 22.4. The third kappa shape index (κ3) is 5.48. The fraction of sp³-hybridized carbons (Fsp3) is 0.0833. The van der Waals surface area contributed by atoms with Gasteiger partial charge in [0, 0.05) is 22.2 Å². The van der Waals surface area contributed by atoms with Gasteiger partial charge >= 0.3 is 0 Å². The topological polar surface area (TPSA) is 52.9 Å². The van der Waals surface area contributed by atoms with Crippen LogP contribution in [-0.4, -0.2) is 5.91 Å². The number of hydrogen-bond acceptors (Lipinski definition) is 2. The van der Waals surface area contributed by atoms with E-state index in [4.69, 9.17) is 23.2 Å². The molecule has 0 aliphatic heterocycles. The molecule has 3 rings (SSSR count). The van der Waals surface area contributed by atoms with Crippen molar-refractivity contribution in [3.05, 3.63) is 105 Å². The third-order valence-electron chi connectivity index (χ3n) is 4.37. The van der Waals surface area contributed by atoms with Gasteiger partial charge in [-0.05, 0) is 59.5 Å². The molecule has 0 heterocycles. The Kier molecular flexibility index (Phi) is 6.72. The highest BCUT2D eigenvalue weighted by Crippen LogP contribution is 2.25. The van der Waals surface area contributed by atoms with Crippen LogP contribution in [0, 0.1) is 18.3 Å². The second-order valence-electron chi connectivity index (χ2n) is 6.61. The van der Waals surface area contributed by atoms with Gasteiger partial charge in [0.05, 0.1) is 0 Å². The van der Waals surface area contributed by atoms with Gasteiger partial charge in [-0.2, -0.15) is 5.26 Å². The van der Waals surface area contributed by atoms with Crippen LogP contribution in [0.25, 0.3) is 6.08 Å². The second-order valence-corrected chi connectivity index (χ2v) is 7.43. The number of nitrogens with zero attached hydrogens (tertiary/aromatic N) is 1. The Morgan fingerprint density at radius 2 is 1.76 bits per heavy atom. The van der Waals surface area contributed by atoms with Crippen molar-refractivity contribution in [3.8, 4) is 6.07 Å². The van der Waals surface area contributed by atoms with Gasteiger partial charge in [0.2, 0.25) is 0 Å². The molecule has 0 spiro atoms. The quantitative estimate of drug-likeness (QED) is 0.381. The molecule has 0 bridgehead atoms. The maximum absolute atomic E-state index is 12.4. The van der Waals surface area contributed by atoms with Crippen LogP contribution in [0.15, 0.2) is 72.3 Å². The lowest BCUT2D eigenvalue weighted by molar-refractivity contribution is -0.112. The van der Waals surface area contributed by atoms with Crippen molar-refractivity contribution in [1.29, 1.82) is 5.26 Å². The summed E-state index contributed by atoms with van der Waals surface area (Å²) < 4.78 is 0. The normalized spacial score (nSPS) is 11.0. The summed E-state index contributed by atoms with van der Waals surface area (Å²) in [6.07, 6.45) is 2.12. The van der Waals surface area contributed by atoms with Gasteiger partial charge in [0.15, 0.2) is 0 Å². The number of carbonyl (C=O) groups is 1. The van der Waals surface area contributed by atoms with E-state index in [1.165, 1.54) is 6.08 Å². The van der Waals surface area contributed by atoms with Gasteiger partial charge in [0.1, 0.15) is 11.6 Å². The van der Waals surface area contributed by atoms with Crippen LogP contribution in [0.3, 0.4) is 0 Å². The van der Waals surface area contributed by atoms with Crippen molar-refractivity contribution in [2.45, 2.75) is 13.3 Å². The van der Waals surface area contributed by atoms with E-state index in [1.807, 2.05) is 67.6 Å². The molecule has 0 atom stereocenters. The maximum Gasteiger partial charge on any atom is 0.266 e. The first kappa shape index (κ1) is 20.7. The molecule has 3 aromatic rings. The number of nitriles is 1. The molecule has 29 heavy (non-hydrogen) atoms. The third-order valence-corrected chi connectivity index (χ3v) is 5.09. The monoisotopic (exact) mass is 420 g/mol. The summed E-state index contributed by atoms with van der Waals surface area (Å²) in [6.45, 7) is 1.93. The minimum atomic E-state index is -0.464. The van der Waals surface area contributed by atoms with Gasteiger partial charge < -0.3 is 5.32 Å². The molecule has 0 radical (unpaired) electrons. The van der Waals surface area contributed by atoms with E-state index in [0.29, 0.717) is 27.7 Å². The summed E-state index contributed by atoms with van der Waals surface area (Å²) in [4.78, 5) is 12.4. The van der Waals surface area contributed by atoms with Crippen LogP contribution in [0.5, 0.6) is 0 Å². The minimum absolute atomic E-state index is 0.00132. The molecule has 0 saturated carbocycles. The Bertz CT molecular complexity index is 1130. The molecule has 3 aromatic carbocycles. The second kappa shape index (κ2) is 9.43. The highest BCUT2D eigenvalue weighted by atomic mass is 35.5. The first-order valence-electron chi connectivity index (χ1n) is 8.98. The number of aryl methyl sites for hydroxylation is 1. The van der Waals surface area contributed by atoms with Crippen LogP contribution in [0.2, 0.25) is 10.0 Å². The predicted octanol–water partition coefficient (Wildman–Crippen LogP) is 6.44. The zero-order chi connectivity index (χ0) is 20.8. The van der Waals surface area contributed by atoms with Gasteiger partial charge in [0.25, 0.3) is 5.91 Å². The van der Waals surface area contributed by atoms with Gasteiger partial charge in [-0.25, -0.2) is 0 Å². The van der Waals surface area contributed by atoms with Crippen molar-refractivity contribution in [2.75, 3.05) is 5.32 Å². The average Bonchev–Trinajstić information content (AvgIpc) is 2.69. The summed E-state index contributed by atoms with van der Waals surface area (Å²) in [5.41, 5.74) is 4.24. The van der Waals surface area contributed by atoms with Crippen molar-refractivity contribution < 1.29 is 4.79 Å². The summed E-state index contributed by atoms with van der Waals surface area (Å²) in [5, 5.41) is 13.4. The molecule has 0 unspecified atom stereocenters. The highest BCUT2D eigenvalue weighted by Gasteiger charge is 2.11. The molecule has 0 aliphatic carbocycles. The first-order valence-corrected chi connectivity index (χ1v) is 9.73. The largest absolute Gasteiger partial charge is 0.321 e. The smallest absolute Gasteiger partial charge is 0.266 e. The summed E-state index contributed by atoms with van der Waals surface area (Å²) in [7, 11) is 0. The first-order chi connectivity index (χ1) is 14.0. The highest BCUT2D eigenvalue weighted by molar-refractivity contribution is 6.32. The van der Waals surface area contributed by atoms with Gasteiger partial charge in [-0.3, -0.25) is 4.79 Å². The molecular weight excluding hydrogens is 403 g/mol.